The fourth-order valence-electron chi connectivity index (χ4n) is 0. The molecule has 0 aliphatic heterocycles. The van der Waals surface area contributed by atoms with E-state index in [0.717, 1.165) is 0 Å². The number of aliphatic hydroxyl groups excluding tert-OH is 2. The lowest BCUT2D eigenvalue weighted by atomic mass is 10.5. The summed E-state index contributed by atoms with van der Waals surface area (Å²) in [5.41, 5.74) is 0. The van der Waals surface area contributed by atoms with E-state index in [2.05, 4.69) is 0 Å². The molecule has 0 aromatic heterocycles. The summed E-state index contributed by atoms with van der Waals surface area (Å²) in [6.07, 6.45) is -0.560. The second-order valence-electron chi connectivity index (χ2n) is 1.03. The number of aliphatic hydroxyl groups is 2. The average molecular weight is 110 g/mol. The van der Waals surface area contributed by atoms with Crippen molar-refractivity contribution in [1.82, 2.24) is 0 Å². The van der Waals surface area contributed by atoms with E-state index >= 15 is 0 Å². The summed E-state index contributed by atoms with van der Waals surface area (Å²) in [5, 5.41) is 16.0. The zero-order valence-electron chi connectivity index (χ0n) is 3.89. The second-order valence-corrected chi connectivity index (χ2v) is 1.03. The molecule has 2 atom stereocenters. The lowest BCUT2D eigenvalue weighted by Crippen LogP contribution is -2.03. The molecule has 0 saturated heterocycles. The van der Waals surface area contributed by atoms with Crippen LogP contribution in [0.5, 0.6) is 0 Å². The zero-order valence-corrected chi connectivity index (χ0v) is 5.30. The molecule has 0 bridgehead atoms. The molecule has 0 fully saturated rings. The first-order valence-corrected chi connectivity index (χ1v) is 1.56. The Labute approximate surface area is 40.8 Å². The van der Waals surface area contributed by atoms with Crippen LogP contribution in [0.2, 0.25) is 0 Å². The average Bonchev–Trinajstić information content (AvgIpc) is 1.38. The number of hydrogen-bond donors (Lipinski definition) is 2. The minimum atomic E-state index is -0.560. The van der Waals surface area contributed by atoms with Crippen molar-refractivity contribution >= 4 is 9.90 Å². The van der Waals surface area contributed by atoms with Gasteiger partial charge < -0.3 is 10.2 Å². The third kappa shape index (κ3) is 8.84. The van der Waals surface area contributed by atoms with Crippen LogP contribution in [0.4, 0.5) is 0 Å². The van der Waals surface area contributed by atoms with Crippen molar-refractivity contribution in [2.24, 2.45) is 0 Å². The van der Waals surface area contributed by atoms with Gasteiger partial charge in [-0.15, -0.1) is 0 Å². The second kappa shape index (κ2) is 5.35. The Morgan fingerprint density at radius 2 is 1.83 bits per heavy atom. The first-order chi connectivity index (χ1) is 2.27. The molecule has 2 nitrogen and oxygen atoms in total. The highest BCUT2D eigenvalue weighted by atomic mass is 31.0. The summed E-state index contributed by atoms with van der Waals surface area (Å²) < 4.78 is 0. The molecule has 2 N–H and O–H groups in total. The minimum absolute atomic E-state index is 0. The lowest BCUT2D eigenvalue weighted by molar-refractivity contribution is 0.110. The number of hydrogen-bond acceptors (Lipinski definition) is 2. The molecular weight excluding hydrogens is 99.0 g/mol. The Bertz CT molecular complexity index is 22.8. The highest BCUT2D eigenvalue weighted by Crippen LogP contribution is 1.68. The Morgan fingerprint density at radius 1 is 1.67 bits per heavy atom. The Kier molecular flexibility index (Phi) is 8.56. The van der Waals surface area contributed by atoms with E-state index in [9.17, 15) is 0 Å². The molecule has 0 radical (unpaired) electrons. The SMILES string of the molecule is CC(O)CO.P. The maximum atomic E-state index is 8.11. The van der Waals surface area contributed by atoms with Gasteiger partial charge in [-0.3, -0.25) is 0 Å². The molecule has 0 heterocycles. The maximum absolute atomic E-state index is 8.11. The molecule has 0 rings (SSSR count). The predicted molar refractivity (Wildman–Crippen MR) is 29.9 cm³/mol. The molecular formula is C3H11O2P. The molecule has 3 heteroatoms. The van der Waals surface area contributed by atoms with Crippen LogP contribution in [0.3, 0.4) is 0 Å². The summed E-state index contributed by atoms with van der Waals surface area (Å²) >= 11 is 0. The summed E-state index contributed by atoms with van der Waals surface area (Å²) in [4.78, 5) is 0. The van der Waals surface area contributed by atoms with Gasteiger partial charge in [-0.1, -0.05) is 0 Å². The van der Waals surface area contributed by atoms with Crippen LogP contribution >= 0.6 is 9.90 Å². The third-order valence-corrected chi connectivity index (χ3v) is 0.264. The summed E-state index contributed by atoms with van der Waals surface area (Å²) in [7, 11) is 0. The largest absolute Gasteiger partial charge is 0.394 e. The van der Waals surface area contributed by atoms with Gasteiger partial charge in [0.1, 0.15) is 0 Å². The smallest absolute Gasteiger partial charge is 0.0742 e. The fraction of sp³-hybridized carbons (Fsp3) is 1.00. The van der Waals surface area contributed by atoms with Crippen LogP contribution in [0.15, 0.2) is 0 Å². The van der Waals surface area contributed by atoms with E-state index in [0.29, 0.717) is 0 Å². The van der Waals surface area contributed by atoms with Gasteiger partial charge in [0, 0.05) is 0 Å². The van der Waals surface area contributed by atoms with E-state index < -0.39 is 6.10 Å². The van der Waals surface area contributed by atoms with E-state index in [1.54, 1.807) is 0 Å². The van der Waals surface area contributed by atoms with Crippen LogP contribution < -0.4 is 0 Å². The van der Waals surface area contributed by atoms with Gasteiger partial charge in [0.2, 0.25) is 0 Å². The molecule has 0 aromatic rings. The van der Waals surface area contributed by atoms with Crippen LogP contribution in [-0.2, 0) is 0 Å². The molecule has 0 aromatic carbocycles. The summed E-state index contributed by atoms with van der Waals surface area (Å²) in [5.74, 6) is 0. The highest BCUT2D eigenvalue weighted by Gasteiger charge is 1.83. The van der Waals surface area contributed by atoms with E-state index in [-0.39, 0.29) is 16.5 Å². The lowest BCUT2D eigenvalue weighted by Gasteiger charge is -1.90. The van der Waals surface area contributed by atoms with E-state index in [4.69, 9.17) is 10.2 Å². The van der Waals surface area contributed by atoms with Gasteiger partial charge >= 0.3 is 0 Å². The van der Waals surface area contributed by atoms with Gasteiger partial charge in [0.25, 0.3) is 0 Å². The van der Waals surface area contributed by atoms with Gasteiger partial charge in [-0.2, -0.15) is 9.90 Å². The molecule has 6 heavy (non-hydrogen) atoms. The Hall–Kier alpha value is 0.350. The third-order valence-electron chi connectivity index (χ3n) is 0.264. The minimum Gasteiger partial charge on any atom is -0.394 e. The fourth-order valence-corrected chi connectivity index (χ4v) is 0. The van der Waals surface area contributed by atoms with Crippen molar-refractivity contribution in [3.05, 3.63) is 0 Å². The Balaban J connectivity index is 0. The van der Waals surface area contributed by atoms with Crippen LogP contribution in [-0.4, -0.2) is 22.9 Å². The van der Waals surface area contributed by atoms with Gasteiger partial charge in [0.05, 0.1) is 12.7 Å². The first kappa shape index (κ1) is 9.61. The van der Waals surface area contributed by atoms with Crippen LogP contribution in [0.1, 0.15) is 6.92 Å². The molecule has 0 spiro atoms. The molecule has 0 aliphatic rings. The van der Waals surface area contributed by atoms with Gasteiger partial charge in [-0.05, 0) is 6.92 Å². The molecule has 0 amide bonds. The van der Waals surface area contributed by atoms with Crippen molar-refractivity contribution in [2.45, 2.75) is 13.0 Å². The van der Waals surface area contributed by atoms with Crippen molar-refractivity contribution in [3.8, 4) is 0 Å². The number of rotatable bonds is 1. The van der Waals surface area contributed by atoms with Gasteiger partial charge in [0.15, 0.2) is 0 Å². The molecule has 40 valence electrons. The normalized spacial score (nSPS) is 12.5. The van der Waals surface area contributed by atoms with E-state index in [1.807, 2.05) is 0 Å². The van der Waals surface area contributed by atoms with Gasteiger partial charge in [-0.25, -0.2) is 0 Å². The van der Waals surface area contributed by atoms with Crippen LogP contribution in [0, 0.1) is 0 Å². The molecule has 0 saturated carbocycles. The zero-order chi connectivity index (χ0) is 4.28. The van der Waals surface area contributed by atoms with Crippen molar-refractivity contribution in [3.63, 3.8) is 0 Å². The topological polar surface area (TPSA) is 40.5 Å². The first-order valence-electron chi connectivity index (χ1n) is 1.56. The van der Waals surface area contributed by atoms with Crippen LogP contribution in [0.25, 0.3) is 0 Å². The predicted octanol–water partition coefficient (Wildman–Crippen LogP) is -0.582. The standard InChI is InChI=1S/C3H8O2.H3P/c1-3(5)2-4;/h3-5H,2H2,1H3;1H3. The molecule has 0 aliphatic carbocycles. The van der Waals surface area contributed by atoms with Crippen molar-refractivity contribution in [2.75, 3.05) is 6.61 Å². The quantitative estimate of drug-likeness (QED) is 0.443. The van der Waals surface area contributed by atoms with Crippen molar-refractivity contribution in [1.29, 1.82) is 0 Å². The Morgan fingerprint density at radius 3 is 1.83 bits per heavy atom. The summed E-state index contributed by atoms with van der Waals surface area (Å²) in [6.45, 7) is 1.39. The molecule has 2 unspecified atom stereocenters. The highest BCUT2D eigenvalue weighted by molar-refractivity contribution is 6.92. The van der Waals surface area contributed by atoms with E-state index in [1.165, 1.54) is 6.92 Å². The maximum Gasteiger partial charge on any atom is 0.0742 e. The monoisotopic (exact) mass is 110 g/mol. The summed E-state index contributed by atoms with van der Waals surface area (Å²) in [6, 6.07) is 0. The van der Waals surface area contributed by atoms with Crippen molar-refractivity contribution < 1.29 is 10.2 Å².